The predicted octanol–water partition coefficient (Wildman–Crippen LogP) is 3.94. The third kappa shape index (κ3) is 11.5. The molecule has 0 amide bonds. The summed E-state index contributed by atoms with van der Waals surface area (Å²) in [6.45, 7) is 0. The van der Waals surface area contributed by atoms with E-state index < -0.39 is 5.97 Å². The van der Waals surface area contributed by atoms with Crippen LogP contribution in [-0.4, -0.2) is 11.1 Å². The van der Waals surface area contributed by atoms with Crippen LogP contribution in [0.25, 0.3) is 0 Å². The van der Waals surface area contributed by atoms with Gasteiger partial charge >= 0.3 is 5.97 Å². The SMILES string of the molecule is O=C(O)CCCCCCCCC=CCl. The lowest BCUT2D eigenvalue weighted by Gasteiger charge is -1.98. The van der Waals surface area contributed by atoms with E-state index in [0.717, 1.165) is 25.7 Å². The van der Waals surface area contributed by atoms with Gasteiger partial charge < -0.3 is 5.11 Å². The van der Waals surface area contributed by atoms with Crippen LogP contribution in [0.1, 0.15) is 51.4 Å². The van der Waals surface area contributed by atoms with Crippen molar-refractivity contribution in [3.63, 3.8) is 0 Å². The molecule has 3 heteroatoms. The molecule has 2 nitrogen and oxygen atoms in total. The first kappa shape index (κ1) is 13.5. The Hall–Kier alpha value is -0.500. The Morgan fingerprint density at radius 2 is 1.64 bits per heavy atom. The highest BCUT2D eigenvalue weighted by Crippen LogP contribution is 2.08. The average Bonchev–Trinajstić information content (AvgIpc) is 2.15. The van der Waals surface area contributed by atoms with E-state index in [4.69, 9.17) is 16.7 Å². The van der Waals surface area contributed by atoms with E-state index in [1.54, 1.807) is 5.54 Å². The number of halogens is 1. The van der Waals surface area contributed by atoms with Gasteiger partial charge in [-0.3, -0.25) is 4.79 Å². The molecule has 0 saturated heterocycles. The molecule has 0 rings (SSSR count). The maximum Gasteiger partial charge on any atom is 0.303 e. The second-order valence-electron chi connectivity index (χ2n) is 3.42. The largest absolute Gasteiger partial charge is 0.481 e. The molecule has 0 aromatic heterocycles. The minimum Gasteiger partial charge on any atom is -0.481 e. The quantitative estimate of drug-likeness (QED) is 0.595. The fraction of sp³-hybridized carbons (Fsp3) is 0.727. The second kappa shape index (κ2) is 10.6. The number of carbonyl (C=O) groups is 1. The molecule has 0 bridgehead atoms. The van der Waals surface area contributed by atoms with Crippen molar-refractivity contribution in [2.75, 3.05) is 0 Å². The standard InChI is InChI=1S/C11H19ClO2/c12-10-8-6-4-2-1-3-5-7-9-11(13)14/h8,10H,1-7,9H2,(H,13,14). The van der Waals surface area contributed by atoms with Crippen LogP contribution in [0.2, 0.25) is 0 Å². The van der Waals surface area contributed by atoms with Gasteiger partial charge in [0.25, 0.3) is 0 Å². The van der Waals surface area contributed by atoms with Crippen LogP contribution in [0.3, 0.4) is 0 Å². The third-order valence-electron chi connectivity index (χ3n) is 2.10. The smallest absolute Gasteiger partial charge is 0.303 e. The summed E-state index contributed by atoms with van der Waals surface area (Å²) >= 11 is 5.38. The van der Waals surface area contributed by atoms with Crippen molar-refractivity contribution >= 4 is 17.6 Å². The molecule has 0 aliphatic rings. The summed E-state index contributed by atoms with van der Waals surface area (Å²) in [5.41, 5.74) is 1.56. The highest BCUT2D eigenvalue weighted by molar-refractivity contribution is 6.25. The van der Waals surface area contributed by atoms with Gasteiger partial charge in [0, 0.05) is 12.0 Å². The van der Waals surface area contributed by atoms with Crippen LogP contribution in [0, 0.1) is 0 Å². The van der Waals surface area contributed by atoms with Crippen LogP contribution < -0.4 is 0 Å². The van der Waals surface area contributed by atoms with Crippen molar-refractivity contribution in [1.29, 1.82) is 0 Å². The Morgan fingerprint density at radius 3 is 2.21 bits per heavy atom. The van der Waals surface area contributed by atoms with Crippen LogP contribution >= 0.6 is 11.6 Å². The number of carboxylic acid groups (broad SMARTS) is 1. The fourth-order valence-corrected chi connectivity index (χ4v) is 1.43. The van der Waals surface area contributed by atoms with Gasteiger partial charge in [0.15, 0.2) is 0 Å². The van der Waals surface area contributed by atoms with Gasteiger partial charge in [-0.2, -0.15) is 0 Å². The highest BCUT2D eigenvalue weighted by Gasteiger charge is 1.95. The van der Waals surface area contributed by atoms with E-state index in [-0.39, 0.29) is 0 Å². The fourth-order valence-electron chi connectivity index (χ4n) is 1.31. The highest BCUT2D eigenvalue weighted by atomic mass is 35.5. The molecule has 0 spiro atoms. The molecule has 14 heavy (non-hydrogen) atoms. The lowest BCUT2D eigenvalue weighted by molar-refractivity contribution is -0.137. The Labute approximate surface area is 91.0 Å². The zero-order valence-corrected chi connectivity index (χ0v) is 9.30. The third-order valence-corrected chi connectivity index (χ3v) is 2.28. The molecule has 0 aliphatic carbocycles. The molecule has 0 radical (unpaired) electrons. The predicted molar refractivity (Wildman–Crippen MR) is 59.6 cm³/mol. The summed E-state index contributed by atoms with van der Waals surface area (Å²) in [7, 11) is 0. The van der Waals surface area contributed by atoms with Gasteiger partial charge in [0.05, 0.1) is 0 Å². The zero-order chi connectivity index (χ0) is 10.6. The molecule has 0 saturated carbocycles. The van der Waals surface area contributed by atoms with Crippen molar-refractivity contribution in [1.82, 2.24) is 0 Å². The normalized spacial score (nSPS) is 10.9. The zero-order valence-electron chi connectivity index (χ0n) is 8.54. The first-order chi connectivity index (χ1) is 6.77. The Kier molecular flexibility index (Phi) is 10.2. The molecule has 0 fully saturated rings. The molecule has 0 atom stereocenters. The molecule has 0 heterocycles. The second-order valence-corrected chi connectivity index (χ2v) is 3.67. The van der Waals surface area contributed by atoms with Gasteiger partial charge in [0.2, 0.25) is 0 Å². The molecule has 1 N–H and O–H groups in total. The molecular weight excluding hydrogens is 200 g/mol. The first-order valence-corrected chi connectivity index (χ1v) is 5.68. The molecule has 82 valence electrons. The number of carboxylic acids is 1. The van der Waals surface area contributed by atoms with Crippen molar-refractivity contribution < 1.29 is 9.90 Å². The van der Waals surface area contributed by atoms with E-state index in [0.29, 0.717) is 6.42 Å². The lowest BCUT2D eigenvalue weighted by atomic mass is 10.1. The van der Waals surface area contributed by atoms with Crippen molar-refractivity contribution in [2.24, 2.45) is 0 Å². The van der Waals surface area contributed by atoms with Crippen molar-refractivity contribution in [2.45, 2.75) is 51.4 Å². The molecule has 0 unspecified atom stereocenters. The first-order valence-electron chi connectivity index (χ1n) is 5.24. The van der Waals surface area contributed by atoms with E-state index >= 15 is 0 Å². The molecule has 0 aromatic carbocycles. The number of rotatable bonds is 9. The van der Waals surface area contributed by atoms with Gasteiger partial charge in [-0.25, -0.2) is 0 Å². The number of aliphatic carboxylic acids is 1. The minimum atomic E-state index is -0.683. The number of allylic oxidation sites excluding steroid dienone is 1. The minimum absolute atomic E-state index is 0.314. The van der Waals surface area contributed by atoms with Crippen LogP contribution in [-0.2, 0) is 4.79 Å². The maximum atomic E-state index is 10.2. The summed E-state index contributed by atoms with van der Waals surface area (Å²) in [5, 5.41) is 8.39. The van der Waals surface area contributed by atoms with E-state index in [9.17, 15) is 4.79 Å². The molecule has 0 aromatic rings. The Balaban J connectivity index is 2.95. The molecular formula is C11H19ClO2. The summed E-state index contributed by atoms with van der Waals surface area (Å²) in [4.78, 5) is 10.2. The lowest BCUT2D eigenvalue weighted by Crippen LogP contribution is -1.93. The number of hydrogen-bond donors (Lipinski definition) is 1. The van der Waals surface area contributed by atoms with Crippen LogP contribution in [0.15, 0.2) is 11.6 Å². The number of unbranched alkanes of at least 4 members (excludes halogenated alkanes) is 6. The summed E-state index contributed by atoms with van der Waals surface area (Å²) in [6, 6.07) is 0. The van der Waals surface area contributed by atoms with Crippen LogP contribution in [0.4, 0.5) is 0 Å². The Bertz CT molecular complexity index is 167. The molecule has 0 aliphatic heterocycles. The average molecular weight is 219 g/mol. The Morgan fingerprint density at radius 1 is 1.07 bits per heavy atom. The van der Waals surface area contributed by atoms with Crippen LogP contribution in [0.5, 0.6) is 0 Å². The van der Waals surface area contributed by atoms with E-state index in [1.165, 1.54) is 19.3 Å². The summed E-state index contributed by atoms with van der Waals surface area (Å²) < 4.78 is 0. The maximum absolute atomic E-state index is 10.2. The van der Waals surface area contributed by atoms with Gasteiger partial charge in [-0.05, 0) is 19.3 Å². The van der Waals surface area contributed by atoms with Gasteiger partial charge in [-0.1, -0.05) is 43.4 Å². The topological polar surface area (TPSA) is 37.3 Å². The van der Waals surface area contributed by atoms with E-state index in [1.807, 2.05) is 6.08 Å². The number of hydrogen-bond acceptors (Lipinski definition) is 1. The van der Waals surface area contributed by atoms with Gasteiger partial charge in [0.1, 0.15) is 0 Å². The van der Waals surface area contributed by atoms with Crippen molar-refractivity contribution in [3.05, 3.63) is 11.6 Å². The van der Waals surface area contributed by atoms with Gasteiger partial charge in [-0.15, -0.1) is 0 Å². The van der Waals surface area contributed by atoms with E-state index in [2.05, 4.69) is 0 Å². The summed E-state index contributed by atoms with van der Waals surface area (Å²) in [5.74, 6) is -0.683. The summed E-state index contributed by atoms with van der Waals surface area (Å²) in [6.07, 6.45) is 9.94. The van der Waals surface area contributed by atoms with Crippen molar-refractivity contribution in [3.8, 4) is 0 Å². The monoisotopic (exact) mass is 218 g/mol.